The summed E-state index contributed by atoms with van der Waals surface area (Å²) in [5.74, 6) is -0.766. The number of carbonyl (C=O) groups is 2. The molecule has 2 aromatic carbocycles. The van der Waals surface area contributed by atoms with Gasteiger partial charge in [-0.3, -0.25) is 13.9 Å². The van der Waals surface area contributed by atoms with E-state index in [4.69, 9.17) is 0 Å². The van der Waals surface area contributed by atoms with Crippen molar-refractivity contribution in [2.24, 2.45) is 0 Å². The fourth-order valence-electron chi connectivity index (χ4n) is 3.41. The first-order chi connectivity index (χ1) is 14.6. The number of nitrogens with one attached hydrogen (secondary N) is 1. The van der Waals surface area contributed by atoms with E-state index in [9.17, 15) is 18.0 Å². The molecule has 0 fully saturated rings. The molecule has 2 rings (SSSR count). The Labute approximate surface area is 185 Å². The summed E-state index contributed by atoms with van der Waals surface area (Å²) in [5, 5.41) is 2.57. The molecule has 0 bridgehead atoms. The van der Waals surface area contributed by atoms with Gasteiger partial charge in [0.1, 0.15) is 12.6 Å². The Morgan fingerprint density at radius 2 is 1.61 bits per heavy atom. The van der Waals surface area contributed by atoms with Gasteiger partial charge in [-0.15, -0.1) is 0 Å². The van der Waals surface area contributed by atoms with Gasteiger partial charge in [-0.2, -0.15) is 0 Å². The summed E-state index contributed by atoms with van der Waals surface area (Å²) in [4.78, 5) is 27.2. The van der Waals surface area contributed by atoms with E-state index < -0.39 is 22.0 Å². The highest BCUT2D eigenvalue weighted by Crippen LogP contribution is 2.24. The van der Waals surface area contributed by atoms with E-state index in [1.807, 2.05) is 50.2 Å². The molecule has 168 valence electrons. The number of amides is 2. The fraction of sp³-hybridized carbons (Fsp3) is 0.391. The minimum absolute atomic E-state index is 0.202. The third kappa shape index (κ3) is 6.07. The van der Waals surface area contributed by atoms with Crippen molar-refractivity contribution in [2.75, 3.05) is 24.2 Å². The molecule has 31 heavy (non-hydrogen) atoms. The molecule has 7 nitrogen and oxygen atoms in total. The maximum atomic E-state index is 13.4. The largest absolute Gasteiger partial charge is 0.357 e. The highest BCUT2D eigenvalue weighted by molar-refractivity contribution is 7.92. The Kier molecular flexibility index (Phi) is 8.21. The van der Waals surface area contributed by atoms with Crippen molar-refractivity contribution >= 4 is 27.5 Å². The molecule has 0 aliphatic rings. The van der Waals surface area contributed by atoms with E-state index in [1.54, 1.807) is 19.1 Å². The molecule has 1 N–H and O–H groups in total. The van der Waals surface area contributed by atoms with Crippen LogP contribution in [0.5, 0.6) is 0 Å². The summed E-state index contributed by atoms with van der Waals surface area (Å²) >= 11 is 0. The van der Waals surface area contributed by atoms with Crippen LogP contribution in [0.4, 0.5) is 5.69 Å². The van der Waals surface area contributed by atoms with Crippen molar-refractivity contribution in [3.8, 4) is 0 Å². The first kappa shape index (κ1) is 24.4. The van der Waals surface area contributed by atoms with Gasteiger partial charge in [0.2, 0.25) is 21.8 Å². The number of para-hydroxylation sites is 1. The van der Waals surface area contributed by atoms with E-state index >= 15 is 0 Å². The topological polar surface area (TPSA) is 86.8 Å². The average Bonchev–Trinajstić information content (AvgIpc) is 2.74. The monoisotopic (exact) mass is 445 g/mol. The lowest BCUT2D eigenvalue weighted by Gasteiger charge is -2.32. The molecule has 1 atom stereocenters. The fourth-order valence-corrected chi connectivity index (χ4v) is 4.29. The van der Waals surface area contributed by atoms with Crippen LogP contribution in [-0.2, 0) is 32.6 Å². The van der Waals surface area contributed by atoms with Gasteiger partial charge in [-0.25, -0.2) is 8.42 Å². The predicted molar refractivity (Wildman–Crippen MR) is 123 cm³/mol. The van der Waals surface area contributed by atoms with Crippen molar-refractivity contribution in [3.63, 3.8) is 0 Å². The Morgan fingerprint density at radius 1 is 1.03 bits per heavy atom. The summed E-state index contributed by atoms with van der Waals surface area (Å²) in [6.07, 6.45) is 1.71. The Morgan fingerprint density at radius 3 is 2.16 bits per heavy atom. The van der Waals surface area contributed by atoms with E-state index in [0.717, 1.165) is 27.3 Å². The van der Waals surface area contributed by atoms with Crippen LogP contribution >= 0.6 is 0 Å². The molecular formula is C23H31N3O4S. The summed E-state index contributed by atoms with van der Waals surface area (Å²) < 4.78 is 26.3. The van der Waals surface area contributed by atoms with Gasteiger partial charge in [-0.05, 0) is 43.0 Å². The number of benzene rings is 2. The van der Waals surface area contributed by atoms with Gasteiger partial charge in [-0.1, -0.05) is 49.4 Å². The smallest absolute Gasteiger partial charge is 0.244 e. The molecule has 0 aromatic heterocycles. The van der Waals surface area contributed by atoms with Crippen LogP contribution in [0.1, 0.15) is 30.5 Å². The zero-order valence-corrected chi connectivity index (χ0v) is 19.6. The lowest BCUT2D eigenvalue weighted by atomic mass is 10.1. The van der Waals surface area contributed by atoms with Crippen LogP contribution in [0.2, 0.25) is 0 Å². The summed E-state index contributed by atoms with van der Waals surface area (Å²) in [6.45, 7) is 5.32. The maximum absolute atomic E-state index is 13.4. The average molecular weight is 446 g/mol. The number of carbonyl (C=O) groups excluding carboxylic acids is 2. The van der Waals surface area contributed by atoms with E-state index in [2.05, 4.69) is 5.32 Å². The molecule has 0 aliphatic carbocycles. The van der Waals surface area contributed by atoms with Crippen LogP contribution in [0, 0.1) is 6.92 Å². The molecule has 2 aromatic rings. The first-order valence-corrected chi connectivity index (χ1v) is 12.1. The number of nitrogens with zero attached hydrogens (tertiary/aromatic N) is 2. The molecule has 0 saturated carbocycles. The zero-order valence-electron chi connectivity index (χ0n) is 18.8. The standard InChI is InChI=1S/C23H31N3O4S/c1-6-19-12-9-10-14-21(19)26(31(5,29)30)16-22(27)25(18(3)23(28)24-4)15-20-13-8-7-11-17(20)2/h7-14,18H,6,15-16H2,1-5H3,(H,24,28)/t18-/m0/s1. The molecule has 8 heteroatoms. The quantitative estimate of drug-likeness (QED) is 0.642. The van der Waals surface area contributed by atoms with Crippen molar-refractivity contribution < 1.29 is 18.0 Å². The van der Waals surface area contributed by atoms with Crippen molar-refractivity contribution in [3.05, 3.63) is 65.2 Å². The number of rotatable bonds is 9. The van der Waals surface area contributed by atoms with Crippen molar-refractivity contribution in [1.82, 2.24) is 10.2 Å². The summed E-state index contributed by atoms with van der Waals surface area (Å²) in [7, 11) is -2.22. The minimum Gasteiger partial charge on any atom is -0.357 e. The molecule has 0 radical (unpaired) electrons. The van der Waals surface area contributed by atoms with Gasteiger partial charge in [0.25, 0.3) is 0 Å². The Bertz CT molecular complexity index is 1040. The lowest BCUT2D eigenvalue weighted by Crippen LogP contribution is -2.50. The summed E-state index contributed by atoms with van der Waals surface area (Å²) in [6, 6.07) is 14.0. The zero-order chi connectivity index (χ0) is 23.2. The van der Waals surface area contributed by atoms with Crippen molar-refractivity contribution in [1.29, 1.82) is 0 Å². The molecule has 0 heterocycles. The molecular weight excluding hydrogens is 414 g/mol. The van der Waals surface area contributed by atoms with Gasteiger partial charge in [0.05, 0.1) is 11.9 Å². The number of hydrogen-bond donors (Lipinski definition) is 1. The number of anilines is 1. The van der Waals surface area contributed by atoms with Crippen LogP contribution in [0.25, 0.3) is 0 Å². The number of aryl methyl sites for hydroxylation is 2. The van der Waals surface area contributed by atoms with E-state index in [1.165, 1.54) is 11.9 Å². The van der Waals surface area contributed by atoms with Crippen LogP contribution in [0.15, 0.2) is 48.5 Å². The van der Waals surface area contributed by atoms with Crippen LogP contribution < -0.4 is 9.62 Å². The molecule has 0 spiro atoms. The first-order valence-electron chi connectivity index (χ1n) is 10.2. The highest BCUT2D eigenvalue weighted by atomic mass is 32.2. The van der Waals surface area contributed by atoms with Gasteiger partial charge >= 0.3 is 0 Å². The van der Waals surface area contributed by atoms with Crippen molar-refractivity contribution in [2.45, 2.75) is 39.8 Å². The maximum Gasteiger partial charge on any atom is 0.244 e. The van der Waals surface area contributed by atoms with Gasteiger partial charge in [0.15, 0.2) is 0 Å². The second-order valence-electron chi connectivity index (χ2n) is 7.49. The van der Waals surface area contributed by atoms with E-state index in [-0.39, 0.29) is 19.0 Å². The number of likely N-dealkylation sites (N-methyl/N-ethyl adjacent to an activating group) is 1. The summed E-state index contributed by atoms with van der Waals surface area (Å²) in [5.41, 5.74) is 3.18. The second-order valence-corrected chi connectivity index (χ2v) is 9.40. The Balaban J connectivity index is 2.44. The molecule has 0 saturated heterocycles. The van der Waals surface area contributed by atoms with Gasteiger partial charge < -0.3 is 10.2 Å². The highest BCUT2D eigenvalue weighted by Gasteiger charge is 2.30. The second kappa shape index (κ2) is 10.4. The molecule has 0 unspecified atom stereocenters. The van der Waals surface area contributed by atoms with Gasteiger partial charge in [0, 0.05) is 13.6 Å². The minimum atomic E-state index is -3.73. The lowest BCUT2D eigenvalue weighted by molar-refractivity contribution is -0.139. The van der Waals surface area contributed by atoms with Crippen LogP contribution in [0.3, 0.4) is 0 Å². The number of sulfonamides is 1. The Hall–Kier alpha value is -2.87. The SMILES string of the molecule is CCc1ccccc1N(CC(=O)N(Cc1ccccc1C)[C@@H](C)C(=O)NC)S(C)(=O)=O. The third-order valence-electron chi connectivity index (χ3n) is 5.34. The normalized spacial score (nSPS) is 12.2. The number of hydrogen-bond acceptors (Lipinski definition) is 4. The third-order valence-corrected chi connectivity index (χ3v) is 6.46. The van der Waals surface area contributed by atoms with Crippen LogP contribution in [-0.4, -0.2) is 51.0 Å². The molecule has 2 amide bonds. The predicted octanol–water partition coefficient (Wildman–Crippen LogP) is 2.49. The van der Waals surface area contributed by atoms with E-state index in [0.29, 0.717) is 12.1 Å². The molecule has 0 aliphatic heterocycles.